The second-order valence-electron chi connectivity index (χ2n) is 10.00. The van der Waals surface area contributed by atoms with E-state index in [2.05, 4.69) is 39.7 Å². The second kappa shape index (κ2) is 10.3. The summed E-state index contributed by atoms with van der Waals surface area (Å²) in [5.41, 5.74) is 3.75. The number of piperidine rings is 1. The Morgan fingerprint density at radius 3 is 2.31 bits per heavy atom. The van der Waals surface area contributed by atoms with Crippen LogP contribution in [-0.2, 0) is 16.0 Å². The monoisotopic (exact) mass is 470 g/mol. The molecule has 1 fully saturated rings. The summed E-state index contributed by atoms with van der Waals surface area (Å²) in [6.45, 7) is 19.6. The van der Waals surface area contributed by atoms with Gasteiger partial charge in [-0.15, -0.1) is 0 Å². The number of rotatable bonds is 4. The van der Waals surface area contributed by atoms with Gasteiger partial charge >= 0.3 is 5.97 Å². The average Bonchev–Trinajstić information content (AvgIpc) is 2.49. The molecule has 1 aromatic rings. The summed E-state index contributed by atoms with van der Waals surface area (Å²) in [5.74, 6) is -0.192. The Morgan fingerprint density at radius 1 is 1.28 bits per heavy atom. The highest BCUT2D eigenvalue weighted by molar-refractivity contribution is 9.10. The van der Waals surface area contributed by atoms with E-state index in [4.69, 9.17) is 9.84 Å². The number of anilines is 1. The van der Waals surface area contributed by atoms with Crippen LogP contribution in [0, 0.1) is 19.3 Å². The van der Waals surface area contributed by atoms with Crippen molar-refractivity contribution in [3.05, 3.63) is 21.4 Å². The van der Waals surface area contributed by atoms with Crippen molar-refractivity contribution in [2.45, 2.75) is 93.3 Å². The molecule has 6 heteroatoms. The molecule has 0 spiro atoms. The maximum absolute atomic E-state index is 12.2. The van der Waals surface area contributed by atoms with Gasteiger partial charge in [-0.05, 0) is 82.7 Å². The minimum Gasteiger partial charge on any atom is -0.463 e. The van der Waals surface area contributed by atoms with Crippen LogP contribution in [0.5, 0.6) is 0 Å². The molecule has 0 unspecified atom stereocenters. The third-order valence-corrected chi connectivity index (χ3v) is 5.44. The molecule has 5 nitrogen and oxygen atoms in total. The Kier molecular flexibility index (Phi) is 9.15. The number of carbonyl (C=O) groups is 1. The zero-order valence-corrected chi connectivity index (χ0v) is 21.2. The van der Waals surface area contributed by atoms with Crippen LogP contribution in [0.4, 0.5) is 5.69 Å². The van der Waals surface area contributed by atoms with E-state index in [-0.39, 0.29) is 23.9 Å². The first-order valence-corrected chi connectivity index (χ1v) is 11.2. The van der Waals surface area contributed by atoms with E-state index in [0.29, 0.717) is 0 Å². The van der Waals surface area contributed by atoms with Gasteiger partial charge < -0.3 is 14.7 Å². The molecule has 1 aliphatic rings. The third kappa shape index (κ3) is 9.04. The minimum absolute atomic E-state index is 0.1000. The smallest absolute Gasteiger partial charge is 0.310 e. The summed E-state index contributed by atoms with van der Waals surface area (Å²) in [5, 5.41) is 8.52. The molecule has 0 atom stereocenters. The van der Waals surface area contributed by atoms with E-state index >= 15 is 0 Å². The van der Waals surface area contributed by atoms with E-state index in [1.807, 2.05) is 27.7 Å². The number of hydrogen-bond acceptors (Lipinski definition) is 5. The topological polar surface area (TPSA) is 62.7 Å². The lowest BCUT2D eigenvalue weighted by molar-refractivity contribution is -0.146. The highest BCUT2D eigenvalue weighted by atomic mass is 79.9. The zero-order valence-electron chi connectivity index (χ0n) is 19.6. The summed E-state index contributed by atoms with van der Waals surface area (Å²) in [4.78, 5) is 19.3. The second-order valence-corrected chi connectivity index (χ2v) is 10.8. The fourth-order valence-corrected chi connectivity index (χ4v) is 4.03. The van der Waals surface area contributed by atoms with Gasteiger partial charge in [0.2, 0.25) is 0 Å². The molecule has 0 bridgehead atoms. The van der Waals surface area contributed by atoms with E-state index < -0.39 is 5.60 Å². The molecular weight excluding hydrogens is 432 g/mol. The van der Waals surface area contributed by atoms with Crippen LogP contribution in [0.25, 0.3) is 0 Å². The summed E-state index contributed by atoms with van der Waals surface area (Å²) in [6, 6.07) is 0. The van der Waals surface area contributed by atoms with Crippen LogP contribution in [0.15, 0.2) is 4.47 Å². The Labute approximate surface area is 185 Å². The third-order valence-electron chi connectivity index (χ3n) is 4.49. The van der Waals surface area contributed by atoms with Crippen LogP contribution in [0.3, 0.4) is 0 Å². The first-order valence-electron chi connectivity index (χ1n) is 10.4. The van der Waals surface area contributed by atoms with Crippen LogP contribution >= 0.6 is 15.9 Å². The number of ether oxygens (including phenoxy) is 1. The highest BCUT2D eigenvalue weighted by Crippen LogP contribution is 2.39. The Hall–Kier alpha value is -1.14. The molecule has 29 heavy (non-hydrogen) atoms. The number of pyridine rings is 1. The van der Waals surface area contributed by atoms with Crippen molar-refractivity contribution in [2.24, 2.45) is 5.41 Å². The van der Waals surface area contributed by atoms with Crippen molar-refractivity contribution in [2.75, 3.05) is 18.0 Å². The van der Waals surface area contributed by atoms with Crippen LogP contribution in [-0.4, -0.2) is 40.9 Å². The predicted octanol–water partition coefficient (Wildman–Crippen LogP) is 5.36. The summed E-state index contributed by atoms with van der Waals surface area (Å²) in [7, 11) is 0. The molecule has 1 aromatic heterocycles. The predicted molar refractivity (Wildman–Crippen MR) is 124 cm³/mol. The number of aryl methyl sites for hydroxylation is 2. The quantitative estimate of drug-likeness (QED) is 0.599. The SMILES string of the molecule is CC(C)(C)O.Cc1nc(C)c(CC(=O)OC(C)C)c(N2CCCC(C)(C)C2)c1Br. The molecule has 2 heterocycles. The molecule has 1 aliphatic heterocycles. The van der Waals surface area contributed by atoms with Gasteiger partial charge in [-0.25, -0.2) is 0 Å². The van der Waals surface area contributed by atoms with Gasteiger partial charge in [0.25, 0.3) is 0 Å². The summed E-state index contributed by atoms with van der Waals surface area (Å²) >= 11 is 3.72. The van der Waals surface area contributed by atoms with Crippen molar-refractivity contribution in [3.63, 3.8) is 0 Å². The number of esters is 1. The van der Waals surface area contributed by atoms with Gasteiger partial charge in [-0.1, -0.05) is 13.8 Å². The fraction of sp³-hybridized carbons (Fsp3) is 0.739. The van der Waals surface area contributed by atoms with Gasteiger partial charge in [-0.2, -0.15) is 0 Å². The molecule has 2 rings (SSSR count). The molecule has 0 saturated carbocycles. The van der Waals surface area contributed by atoms with Crippen LogP contribution in [0.2, 0.25) is 0 Å². The molecular formula is C23H39BrN2O3. The van der Waals surface area contributed by atoms with E-state index in [1.54, 1.807) is 20.8 Å². The summed E-state index contributed by atoms with van der Waals surface area (Å²) < 4.78 is 6.36. The normalized spacial score (nSPS) is 16.3. The molecule has 1 N–H and O–H groups in total. The standard InChI is InChI=1S/C19H29BrN2O2.C4H10O/c1-12(2)24-16(23)10-15-13(3)21-14(4)17(20)18(15)22-9-7-8-19(5,6)11-22;1-4(2,3)5/h12H,7-11H2,1-6H3;5H,1-3H3. The van der Waals surface area contributed by atoms with Crippen LogP contribution < -0.4 is 4.90 Å². The van der Waals surface area contributed by atoms with Crippen molar-refractivity contribution < 1.29 is 14.6 Å². The van der Waals surface area contributed by atoms with Crippen molar-refractivity contribution in [3.8, 4) is 0 Å². The highest BCUT2D eigenvalue weighted by Gasteiger charge is 2.30. The zero-order chi connectivity index (χ0) is 22.6. The number of nitrogens with zero attached hydrogens (tertiary/aromatic N) is 2. The lowest BCUT2D eigenvalue weighted by atomic mass is 9.83. The number of aliphatic hydroxyl groups is 1. The first kappa shape index (κ1) is 25.9. The summed E-state index contributed by atoms with van der Waals surface area (Å²) in [6.07, 6.45) is 2.56. The van der Waals surface area contributed by atoms with Gasteiger partial charge in [0, 0.05) is 24.3 Å². The van der Waals surface area contributed by atoms with E-state index in [1.165, 1.54) is 6.42 Å². The van der Waals surface area contributed by atoms with Gasteiger partial charge in [0.1, 0.15) is 0 Å². The van der Waals surface area contributed by atoms with Crippen molar-refractivity contribution in [1.29, 1.82) is 0 Å². The molecule has 0 amide bonds. The van der Waals surface area contributed by atoms with Crippen molar-refractivity contribution >= 4 is 27.6 Å². The minimum atomic E-state index is -0.500. The Bertz CT molecular complexity index is 703. The number of aromatic nitrogens is 1. The van der Waals surface area contributed by atoms with Gasteiger partial charge in [0.15, 0.2) is 0 Å². The molecule has 0 aliphatic carbocycles. The number of halogens is 1. The Balaban J connectivity index is 0.000000749. The molecule has 1 saturated heterocycles. The maximum atomic E-state index is 12.2. The number of carbonyl (C=O) groups excluding carboxylic acids is 1. The average molecular weight is 471 g/mol. The van der Waals surface area contributed by atoms with Crippen molar-refractivity contribution in [1.82, 2.24) is 4.98 Å². The van der Waals surface area contributed by atoms with Gasteiger partial charge in [0.05, 0.1) is 34.0 Å². The van der Waals surface area contributed by atoms with Gasteiger partial charge in [-0.3, -0.25) is 9.78 Å². The lowest BCUT2D eigenvalue weighted by Crippen LogP contribution is -2.41. The fourth-order valence-electron chi connectivity index (χ4n) is 3.45. The maximum Gasteiger partial charge on any atom is 0.310 e. The number of hydrogen-bond donors (Lipinski definition) is 1. The molecule has 0 aromatic carbocycles. The first-order chi connectivity index (χ1) is 13.1. The molecule has 0 radical (unpaired) electrons. The molecule has 166 valence electrons. The van der Waals surface area contributed by atoms with E-state index in [9.17, 15) is 4.79 Å². The Morgan fingerprint density at radius 2 is 1.83 bits per heavy atom. The van der Waals surface area contributed by atoms with Crippen LogP contribution in [0.1, 0.15) is 78.3 Å². The van der Waals surface area contributed by atoms with E-state index in [0.717, 1.165) is 46.6 Å². The largest absolute Gasteiger partial charge is 0.463 e. The lowest BCUT2D eigenvalue weighted by Gasteiger charge is -2.41.